The quantitative estimate of drug-likeness (QED) is 0.865. The lowest BCUT2D eigenvalue weighted by Gasteiger charge is -2.28. The van der Waals surface area contributed by atoms with Gasteiger partial charge in [0, 0.05) is 31.1 Å². The largest absolute Gasteiger partial charge is 0.370 e. The van der Waals surface area contributed by atoms with Crippen molar-refractivity contribution in [1.29, 1.82) is 0 Å². The van der Waals surface area contributed by atoms with Gasteiger partial charge in [-0.05, 0) is 30.3 Å². The molecule has 1 heterocycles. The summed E-state index contributed by atoms with van der Waals surface area (Å²) in [5, 5.41) is 3.42. The molecular weight excluding hydrogens is 228 g/mol. The molecule has 1 aliphatic heterocycles. The van der Waals surface area contributed by atoms with Crippen LogP contribution in [0.5, 0.6) is 0 Å². The van der Waals surface area contributed by atoms with Gasteiger partial charge >= 0.3 is 0 Å². The van der Waals surface area contributed by atoms with Crippen LogP contribution in [0.3, 0.4) is 0 Å². The summed E-state index contributed by atoms with van der Waals surface area (Å²) < 4.78 is 0. The summed E-state index contributed by atoms with van der Waals surface area (Å²) in [6, 6.07) is 9.46. The second-order valence-corrected chi connectivity index (χ2v) is 5.69. The summed E-state index contributed by atoms with van der Waals surface area (Å²) >= 11 is 2.07. The van der Waals surface area contributed by atoms with Gasteiger partial charge in [0.25, 0.3) is 0 Å². The number of anilines is 1. The highest BCUT2D eigenvalue weighted by molar-refractivity contribution is 7.99. The number of hydrogen-bond acceptors (Lipinski definition) is 3. The number of benzene rings is 1. The van der Waals surface area contributed by atoms with Gasteiger partial charge < -0.3 is 10.2 Å². The lowest BCUT2D eigenvalue weighted by Crippen LogP contribution is -2.32. The van der Waals surface area contributed by atoms with E-state index < -0.39 is 0 Å². The van der Waals surface area contributed by atoms with Gasteiger partial charge in [0.1, 0.15) is 0 Å². The van der Waals surface area contributed by atoms with Crippen LogP contribution in [0, 0.1) is 0 Å². The fourth-order valence-electron chi connectivity index (χ4n) is 2.29. The van der Waals surface area contributed by atoms with Crippen molar-refractivity contribution in [3.8, 4) is 0 Å². The van der Waals surface area contributed by atoms with E-state index in [2.05, 4.69) is 60.2 Å². The fourth-order valence-corrected chi connectivity index (χ4v) is 3.56. The normalized spacial score (nSPS) is 19.5. The average molecular weight is 250 g/mol. The Labute approximate surface area is 109 Å². The first-order chi connectivity index (χ1) is 8.33. The fraction of sp³-hybridized carbons (Fsp3) is 0.571. The van der Waals surface area contributed by atoms with E-state index in [-0.39, 0.29) is 0 Å². The Bertz CT molecular complexity index is 348. The van der Waals surface area contributed by atoms with E-state index in [1.165, 1.54) is 29.2 Å². The van der Waals surface area contributed by atoms with Gasteiger partial charge in [0.15, 0.2) is 0 Å². The summed E-state index contributed by atoms with van der Waals surface area (Å²) in [5.41, 5.74) is 2.80. The van der Waals surface area contributed by atoms with Crippen molar-refractivity contribution in [2.75, 3.05) is 30.0 Å². The smallest absolute Gasteiger partial charge is 0.0412 e. The highest BCUT2D eigenvalue weighted by Gasteiger charge is 2.21. The van der Waals surface area contributed by atoms with Gasteiger partial charge in [-0.25, -0.2) is 0 Å². The molecule has 17 heavy (non-hydrogen) atoms. The first-order valence-electron chi connectivity index (χ1n) is 6.42. The minimum atomic E-state index is 0.711. The topological polar surface area (TPSA) is 15.3 Å². The molecule has 1 atom stereocenters. The monoisotopic (exact) mass is 250 g/mol. The maximum absolute atomic E-state index is 3.42. The Balaban J connectivity index is 2.12. The second-order valence-electron chi connectivity index (χ2n) is 4.54. The molecule has 2 nitrogen and oxygen atoms in total. The molecule has 0 spiro atoms. The molecule has 0 saturated carbocycles. The van der Waals surface area contributed by atoms with Crippen molar-refractivity contribution in [1.82, 2.24) is 5.32 Å². The SMILES string of the molecule is CCNCc1ccccc1N(C)C1CCSC1. The molecule has 3 heteroatoms. The number of rotatable bonds is 5. The van der Waals surface area contributed by atoms with Crippen molar-refractivity contribution in [3.63, 3.8) is 0 Å². The predicted molar refractivity (Wildman–Crippen MR) is 78.0 cm³/mol. The Hall–Kier alpha value is -0.670. The zero-order valence-corrected chi connectivity index (χ0v) is 11.6. The van der Waals surface area contributed by atoms with Gasteiger partial charge in [-0.3, -0.25) is 0 Å². The Morgan fingerprint density at radius 2 is 2.24 bits per heavy atom. The molecule has 0 amide bonds. The van der Waals surface area contributed by atoms with Crippen molar-refractivity contribution < 1.29 is 0 Å². The molecule has 1 fully saturated rings. The molecule has 1 N–H and O–H groups in total. The van der Waals surface area contributed by atoms with Crippen LogP contribution in [0.25, 0.3) is 0 Å². The van der Waals surface area contributed by atoms with Gasteiger partial charge in [0.2, 0.25) is 0 Å². The van der Waals surface area contributed by atoms with Crippen LogP contribution in [-0.4, -0.2) is 31.1 Å². The number of thioether (sulfide) groups is 1. The van der Waals surface area contributed by atoms with E-state index in [0.717, 1.165) is 13.1 Å². The third kappa shape index (κ3) is 3.17. The number of nitrogens with one attached hydrogen (secondary N) is 1. The summed E-state index contributed by atoms with van der Waals surface area (Å²) in [7, 11) is 2.24. The van der Waals surface area contributed by atoms with E-state index in [4.69, 9.17) is 0 Å². The van der Waals surface area contributed by atoms with E-state index in [0.29, 0.717) is 6.04 Å². The van der Waals surface area contributed by atoms with Crippen molar-refractivity contribution in [3.05, 3.63) is 29.8 Å². The predicted octanol–water partition coefficient (Wildman–Crippen LogP) is 2.74. The molecule has 0 bridgehead atoms. The highest BCUT2D eigenvalue weighted by atomic mass is 32.2. The number of hydrogen-bond donors (Lipinski definition) is 1. The molecule has 1 saturated heterocycles. The average Bonchev–Trinajstić information content (AvgIpc) is 2.89. The zero-order chi connectivity index (χ0) is 12.1. The number of para-hydroxylation sites is 1. The van der Waals surface area contributed by atoms with Crippen LogP contribution in [0.15, 0.2) is 24.3 Å². The van der Waals surface area contributed by atoms with Crippen LogP contribution < -0.4 is 10.2 Å². The minimum Gasteiger partial charge on any atom is -0.370 e. The molecule has 0 aromatic heterocycles. The molecule has 94 valence electrons. The molecule has 1 unspecified atom stereocenters. The van der Waals surface area contributed by atoms with Crippen molar-refractivity contribution in [2.45, 2.75) is 25.9 Å². The maximum Gasteiger partial charge on any atom is 0.0412 e. The van der Waals surface area contributed by atoms with Gasteiger partial charge in [-0.2, -0.15) is 11.8 Å². The second kappa shape index (κ2) is 6.31. The number of nitrogens with zero attached hydrogens (tertiary/aromatic N) is 1. The van der Waals surface area contributed by atoms with Crippen LogP contribution >= 0.6 is 11.8 Å². The lowest BCUT2D eigenvalue weighted by atomic mass is 10.1. The molecule has 2 rings (SSSR count). The summed E-state index contributed by atoms with van der Waals surface area (Å²) in [5.74, 6) is 2.58. The molecular formula is C14H22N2S. The Morgan fingerprint density at radius 1 is 1.41 bits per heavy atom. The third-order valence-electron chi connectivity index (χ3n) is 3.39. The van der Waals surface area contributed by atoms with Crippen LogP contribution in [0.1, 0.15) is 18.9 Å². The first kappa shape index (κ1) is 12.8. The van der Waals surface area contributed by atoms with E-state index in [1.807, 2.05) is 0 Å². The van der Waals surface area contributed by atoms with E-state index >= 15 is 0 Å². The molecule has 1 aromatic carbocycles. The Kier molecular flexibility index (Phi) is 4.75. The lowest BCUT2D eigenvalue weighted by molar-refractivity contribution is 0.684. The zero-order valence-electron chi connectivity index (χ0n) is 10.8. The molecule has 0 aliphatic carbocycles. The molecule has 1 aromatic rings. The standard InChI is InChI=1S/C14H22N2S/c1-3-15-10-12-6-4-5-7-14(12)16(2)13-8-9-17-11-13/h4-7,13,15H,3,8-11H2,1-2H3. The van der Waals surface area contributed by atoms with Crippen LogP contribution in [0.2, 0.25) is 0 Å². The summed E-state index contributed by atoms with van der Waals surface area (Å²) in [4.78, 5) is 2.46. The van der Waals surface area contributed by atoms with Gasteiger partial charge in [0.05, 0.1) is 0 Å². The Morgan fingerprint density at radius 3 is 2.94 bits per heavy atom. The first-order valence-corrected chi connectivity index (χ1v) is 7.57. The van der Waals surface area contributed by atoms with Crippen LogP contribution in [0.4, 0.5) is 5.69 Å². The summed E-state index contributed by atoms with van der Waals surface area (Å²) in [6.07, 6.45) is 1.32. The van der Waals surface area contributed by atoms with Crippen molar-refractivity contribution >= 4 is 17.4 Å². The van der Waals surface area contributed by atoms with Crippen LogP contribution in [-0.2, 0) is 6.54 Å². The van der Waals surface area contributed by atoms with Gasteiger partial charge in [-0.15, -0.1) is 0 Å². The van der Waals surface area contributed by atoms with Crippen molar-refractivity contribution in [2.24, 2.45) is 0 Å². The maximum atomic E-state index is 3.42. The highest BCUT2D eigenvalue weighted by Crippen LogP contribution is 2.28. The van der Waals surface area contributed by atoms with Gasteiger partial charge in [-0.1, -0.05) is 25.1 Å². The summed E-state index contributed by atoms with van der Waals surface area (Å²) in [6.45, 7) is 4.15. The molecule has 0 radical (unpaired) electrons. The minimum absolute atomic E-state index is 0.711. The molecule has 1 aliphatic rings. The van der Waals surface area contributed by atoms with E-state index in [9.17, 15) is 0 Å². The van der Waals surface area contributed by atoms with E-state index in [1.54, 1.807) is 0 Å². The third-order valence-corrected chi connectivity index (χ3v) is 4.54.